The highest BCUT2D eigenvalue weighted by molar-refractivity contribution is 6.12. The molecule has 0 amide bonds. The third-order valence-electron chi connectivity index (χ3n) is 2.90. The van der Waals surface area contributed by atoms with Crippen LogP contribution in [0.5, 0.6) is 0 Å². The largest absolute Gasteiger partial charge is 0.370 e. The van der Waals surface area contributed by atoms with Gasteiger partial charge in [-0.25, -0.2) is 4.98 Å². The summed E-state index contributed by atoms with van der Waals surface area (Å²) in [5, 5.41) is 18.8. The number of nitrogens with zero attached hydrogens (tertiary/aromatic N) is 1. The summed E-state index contributed by atoms with van der Waals surface area (Å²) in [6.45, 7) is 6.69. The van der Waals surface area contributed by atoms with E-state index in [2.05, 4.69) is 17.2 Å². The molecule has 20 heavy (non-hydrogen) atoms. The van der Waals surface area contributed by atoms with E-state index in [1.54, 1.807) is 19.1 Å². The molecule has 0 fully saturated rings. The Bertz CT molecular complexity index is 503. The monoisotopic (exact) mass is 272 g/mol. The van der Waals surface area contributed by atoms with Crippen molar-refractivity contribution in [3.63, 3.8) is 0 Å². The van der Waals surface area contributed by atoms with Crippen LogP contribution in [0, 0.1) is 17.7 Å². The van der Waals surface area contributed by atoms with Crippen LogP contribution in [0.15, 0.2) is 24.3 Å². The lowest BCUT2D eigenvalue weighted by atomic mass is 10.1. The lowest BCUT2D eigenvalue weighted by Gasteiger charge is -2.11. The number of hydrogen-bond acceptors (Lipinski definition) is 4. The Morgan fingerprint density at radius 2 is 2.00 bits per heavy atom. The van der Waals surface area contributed by atoms with Crippen LogP contribution in [0.3, 0.4) is 0 Å². The van der Waals surface area contributed by atoms with E-state index < -0.39 is 0 Å². The SMILES string of the molecule is CCCCCNc1nc(C)ccc1C(=N)/C=C\C(C)=N. The van der Waals surface area contributed by atoms with Crippen LogP contribution >= 0.6 is 0 Å². The number of allylic oxidation sites excluding steroid dienone is 2. The van der Waals surface area contributed by atoms with E-state index in [-0.39, 0.29) is 0 Å². The van der Waals surface area contributed by atoms with Crippen LogP contribution < -0.4 is 5.32 Å². The maximum Gasteiger partial charge on any atom is 0.135 e. The summed E-state index contributed by atoms with van der Waals surface area (Å²) in [6, 6.07) is 3.82. The van der Waals surface area contributed by atoms with Gasteiger partial charge in [-0.1, -0.05) is 19.8 Å². The quantitative estimate of drug-likeness (QED) is 0.495. The third-order valence-corrected chi connectivity index (χ3v) is 2.90. The molecule has 108 valence electrons. The fourth-order valence-electron chi connectivity index (χ4n) is 1.79. The van der Waals surface area contributed by atoms with Crippen molar-refractivity contribution in [3.05, 3.63) is 35.5 Å². The van der Waals surface area contributed by atoms with Crippen LogP contribution in [0.2, 0.25) is 0 Å². The van der Waals surface area contributed by atoms with Gasteiger partial charge in [-0.15, -0.1) is 0 Å². The molecule has 0 saturated carbocycles. The van der Waals surface area contributed by atoms with Crippen molar-refractivity contribution in [1.82, 2.24) is 4.98 Å². The minimum absolute atomic E-state index is 0.377. The Hall–Kier alpha value is -1.97. The predicted octanol–water partition coefficient (Wildman–Crippen LogP) is 3.96. The second kappa shape index (κ2) is 8.25. The number of nitrogens with one attached hydrogen (secondary N) is 3. The summed E-state index contributed by atoms with van der Waals surface area (Å²) in [4.78, 5) is 4.48. The van der Waals surface area contributed by atoms with Gasteiger partial charge < -0.3 is 16.1 Å². The van der Waals surface area contributed by atoms with Crippen LogP contribution in [-0.2, 0) is 0 Å². The summed E-state index contributed by atoms with van der Waals surface area (Å²) in [7, 11) is 0. The Kier molecular flexibility index (Phi) is 6.64. The third kappa shape index (κ3) is 5.34. The molecule has 0 atom stereocenters. The van der Waals surface area contributed by atoms with Gasteiger partial charge in [0.15, 0.2) is 0 Å². The van der Waals surface area contributed by atoms with Gasteiger partial charge in [0.05, 0.1) is 5.71 Å². The zero-order chi connectivity index (χ0) is 15.0. The minimum Gasteiger partial charge on any atom is -0.370 e. The first kappa shape index (κ1) is 16.1. The molecule has 0 spiro atoms. The second-order valence-electron chi connectivity index (χ2n) is 4.91. The number of aryl methyl sites for hydroxylation is 1. The van der Waals surface area contributed by atoms with Crippen LogP contribution in [0.4, 0.5) is 5.82 Å². The zero-order valence-corrected chi connectivity index (χ0v) is 12.6. The van der Waals surface area contributed by atoms with E-state index in [0.29, 0.717) is 11.4 Å². The maximum absolute atomic E-state index is 8.09. The van der Waals surface area contributed by atoms with E-state index in [1.165, 1.54) is 12.8 Å². The lowest BCUT2D eigenvalue weighted by molar-refractivity contribution is 0.742. The van der Waals surface area contributed by atoms with Crippen LogP contribution in [0.25, 0.3) is 0 Å². The molecule has 0 saturated heterocycles. The van der Waals surface area contributed by atoms with E-state index in [4.69, 9.17) is 10.8 Å². The van der Waals surface area contributed by atoms with Gasteiger partial charge in [-0.05, 0) is 44.6 Å². The van der Waals surface area contributed by atoms with Crippen molar-refractivity contribution in [3.8, 4) is 0 Å². The summed E-state index contributed by atoms with van der Waals surface area (Å²) < 4.78 is 0. The molecule has 3 N–H and O–H groups in total. The summed E-state index contributed by atoms with van der Waals surface area (Å²) in [5.74, 6) is 0.762. The first-order chi connectivity index (χ1) is 9.54. The van der Waals surface area contributed by atoms with Gasteiger partial charge in [0.2, 0.25) is 0 Å². The molecule has 0 bridgehead atoms. The standard InChI is InChI=1S/C16H24N4/c1-4-5-6-11-19-16-14(9-8-13(3)20-16)15(18)10-7-12(2)17/h7-10,17-18H,4-6,11H2,1-3H3,(H,19,20)/b10-7-,17-12?,18-15?. The second-order valence-corrected chi connectivity index (χ2v) is 4.91. The fraction of sp³-hybridized carbons (Fsp3) is 0.438. The van der Waals surface area contributed by atoms with Crippen molar-refractivity contribution < 1.29 is 0 Å². The van der Waals surface area contributed by atoms with Gasteiger partial charge in [-0.2, -0.15) is 0 Å². The van der Waals surface area contributed by atoms with E-state index in [1.807, 2.05) is 19.1 Å². The molecule has 0 aliphatic heterocycles. The number of hydrogen-bond donors (Lipinski definition) is 3. The summed E-state index contributed by atoms with van der Waals surface area (Å²) >= 11 is 0. The molecule has 1 rings (SSSR count). The van der Waals surface area contributed by atoms with Crippen molar-refractivity contribution in [2.24, 2.45) is 0 Å². The van der Waals surface area contributed by atoms with Gasteiger partial charge >= 0.3 is 0 Å². The normalized spacial score (nSPS) is 10.8. The number of pyridine rings is 1. The number of unbranched alkanes of at least 4 members (excludes halogenated alkanes) is 2. The highest BCUT2D eigenvalue weighted by atomic mass is 15.0. The molecule has 0 unspecified atom stereocenters. The van der Waals surface area contributed by atoms with Gasteiger partial charge in [0.25, 0.3) is 0 Å². The van der Waals surface area contributed by atoms with Crippen LogP contribution in [-0.4, -0.2) is 23.0 Å². The molecule has 4 nitrogen and oxygen atoms in total. The van der Waals surface area contributed by atoms with E-state index in [0.717, 1.165) is 30.0 Å². The van der Waals surface area contributed by atoms with Crippen molar-refractivity contribution in [2.75, 3.05) is 11.9 Å². The highest BCUT2D eigenvalue weighted by Crippen LogP contribution is 2.15. The number of aromatic nitrogens is 1. The van der Waals surface area contributed by atoms with E-state index in [9.17, 15) is 0 Å². The maximum atomic E-state index is 8.09. The molecule has 1 aromatic rings. The Morgan fingerprint density at radius 3 is 2.65 bits per heavy atom. The molecule has 4 heteroatoms. The molecule has 0 aromatic carbocycles. The average molecular weight is 272 g/mol. The topological polar surface area (TPSA) is 72.6 Å². The van der Waals surface area contributed by atoms with Gasteiger partial charge in [-0.3, -0.25) is 0 Å². The first-order valence-corrected chi connectivity index (χ1v) is 7.08. The highest BCUT2D eigenvalue weighted by Gasteiger charge is 2.07. The smallest absolute Gasteiger partial charge is 0.135 e. The predicted molar refractivity (Wildman–Crippen MR) is 86.4 cm³/mol. The molecular formula is C16H24N4. The zero-order valence-electron chi connectivity index (χ0n) is 12.6. The molecule has 0 aliphatic carbocycles. The fourth-order valence-corrected chi connectivity index (χ4v) is 1.79. The van der Waals surface area contributed by atoms with Crippen molar-refractivity contribution in [2.45, 2.75) is 40.0 Å². The number of anilines is 1. The summed E-state index contributed by atoms with van der Waals surface area (Å²) in [6.07, 6.45) is 6.76. The van der Waals surface area contributed by atoms with E-state index >= 15 is 0 Å². The first-order valence-electron chi connectivity index (χ1n) is 7.08. The molecular weight excluding hydrogens is 248 g/mol. The Morgan fingerprint density at radius 1 is 1.25 bits per heavy atom. The molecule has 0 radical (unpaired) electrons. The van der Waals surface area contributed by atoms with Crippen molar-refractivity contribution in [1.29, 1.82) is 10.8 Å². The van der Waals surface area contributed by atoms with Crippen LogP contribution in [0.1, 0.15) is 44.4 Å². The lowest BCUT2D eigenvalue weighted by Crippen LogP contribution is -2.09. The molecule has 1 aromatic heterocycles. The van der Waals surface area contributed by atoms with Crippen molar-refractivity contribution >= 4 is 17.2 Å². The summed E-state index contributed by atoms with van der Waals surface area (Å²) in [5.41, 5.74) is 2.53. The Labute approximate surface area is 121 Å². The van der Waals surface area contributed by atoms with Gasteiger partial charge in [0.1, 0.15) is 5.82 Å². The van der Waals surface area contributed by atoms with Gasteiger partial charge in [0, 0.05) is 23.5 Å². The average Bonchev–Trinajstić information content (AvgIpc) is 2.41. The molecule has 0 aliphatic rings. The minimum atomic E-state index is 0.377. The number of rotatable bonds is 8. The Balaban J connectivity index is 2.83. The molecule has 1 heterocycles.